The second-order valence-electron chi connectivity index (χ2n) is 8.71. The topological polar surface area (TPSA) is 104 Å². The van der Waals surface area contributed by atoms with Crippen LogP contribution in [0.2, 0.25) is 0 Å². The van der Waals surface area contributed by atoms with Crippen molar-refractivity contribution in [2.75, 3.05) is 6.54 Å². The van der Waals surface area contributed by atoms with Gasteiger partial charge >= 0.3 is 0 Å². The number of fused-ring (bicyclic) bond motifs is 1. The highest BCUT2D eigenvalue weighted by Gasteiger charge is 2.40. The highest BCUT2D eigenvalue weighted by atomic mass is 32.2. The third kappa shape index (κ3) is 4.65. The Labute approximate surface area is 207 Å². The number of carbonyl (C=O) groups excluding carboxylic acids is 1. The van der Waals surface area contributed by atoms with Crippen LogP contribution in [-0.2, 0) is 21.2 Å². The van der Waals surface area contributed by atoms with Crippen molar-refractivity contribution in [1.82, 2.24) is 9.29 Å². The number of ketones is 1. The molecule has 0 bridgehead atoms. The van der Waals surface area contributed by atoms with E-state index in [0.717, 1.165) is 16.8 Å². The molecule has 2 aromatic heterocycles. The van der Waals surface area contributed by atoms with Gasteiger partial charge in [-0.05, 0) is 72.9 Å². The maximum Gasteiger partial charge on any atom is 0.277 e. The maximum absolute atomic E-state index is 13.5. The van der Waals surface area contributed by atoms with Crippen molar-refractivity contribution in [2.24, 2.45) is 0 Å². The standard InChI is InChI=1S/C27H22FN3O4S/c28-22-7-10-26-21(14-22)16-27(35-26)36(33,34)31-13-1-2-24(31)25(32)9-8-23-15-20(11-12-30-23)19-5-3-18(17-29)4-6-19/h3-7,10-12,14-16,24H,1-2,8-9,13H2/t24-/m0/s1. The number of rotatable bonds is 7. The second kappa shape index (κ2) is 9.64. The van der Waals surface area contributed by atoms with Crippen LogP contribution in [0.25, 0.3) is 22.1 Å². The van der Waals surface area contributed by atoms with Crippen LogP contribution >= 0.6 is 0 Å². The van der Waals surface area contributed by atoms with Crippen LogP contribution < -0.4 is 0 Å². The first kappa shape index (κ1) is 23.9. The number of nitrogens with zero attached hydrogens (tertiary/aromatic N) is 3. The molecular weight excluding hydrogens is 481 g/mol. The Morgan fingerprint density at radius 3 is 2.69 bits per heavy atom. The zero-order valence-corrected chi connectivity index (χ0v) is 20.0. The molecule has 1 aliphatic heterocycles. The highest BCUT2D eigenvalue weighted by molar-refractivity contribution is 7.89. The van der Waals surface area contributed by atoms with E-state index in [4.69, 9.17) is 9.68 Å². The summed E-state index contributed by atoms with van der Waals surface area (Å²) in [6.45, 7) is 0.219. The van der Waals surface area contributed by atoms with Gasteiger partial charge < -0.3 is 4.42 Å². The highest BCUT2D eigenvalue weighted by Crippen LogP contribution is 2.31. The third-order valence-corrected chi connectivity index (χ3v) is 8.15. The van der Waals surface area contributed by atoms with Gasteiger partial charge in [-0.2, -0.15) is 9.57 Å². The van der Waals surface area contributed by atoms with Gasteiger partial charge in [0.1, 0.15) is 11.4 Å². The van der Waals surface area contributed by atoms with Crippen LogP contribution in [0.5, 0.6) is 0 Å². The molecule has 9 heteroatoms. The van der Waals surface area contributed by atoms with Gasteiger partial charge in [-0.15, -0.1) is 0 Å². The van der Waals surface area contributed by atoms with Gasteiger partial charge in [0.25, 0.3) is 10.0 Å². The molecule has 0 spiro atoms. The lowest BCUT2D eigenvalue weighted by molar-refractivity contribution is -0.122. The van der Waals surface area contributed by atoms with Crippen molar-refractivity contribution in [3.63, 3.8) is 0 Å². The minimum atomic E-state index is -4.05. The number of Topliss-reactive ketones (excluding diaryl/α,β-unsaturated/α-hetero) is 1. The van der Waals surface area contributed by atoms with E-state index in [0.29, 0.717) is 30.2 Å². The van der Waals surface area contributed by atoms with Crippen LogP contribution in [0.15, 0.2) is 76.4 Å². The number of nitriles is 1. The molecule has 182 valence electrons. The maximum atomic E-state index is 13.5. The van der Waals surface area contributed by atoms with Crippen LogP contribution in [0.4, 0.5) is 4.39 Å². The molecule has 0 aliphatic carbocycles. The lowest BCUT2D eigenvalue weighted by atomic mass is 10.0. The van der Waals surface area contributed by atoms with Gasteiger partial charge in [-0.25, -0.2) is 12.8 Å². The van der Waals surface area contributed by atoms with Crippen molar-refractivity contribution < 1.29 is 22.0 Å². The Kier molecular flexibility index (Phi) is 6.39. The number of sulfonamides is 1. The number of hydrogen-bond acceptors (Lipinski definition) is 6. The summed E-state index contributed by atoms with van der Waals surface area (Å²) in [4.78, 5) is 17.5. The normalized spacial score (nSPS) is 16.3. The van der Waals surface area contributed by atoms with E-state index in [9.17, 15) is 17.6 Å². The number of carbonyl (C=O) groups is 1. The summed E-state index contributed by atoms with van der Waals surface area (Å²) < 4.78 is 46.8. The van der Waals surface area contributed by atoms with Crippen LogP contribution in [0, 0.1) is 17.1 Å². The quantitative estimate of drug-likeness (QED) is 0.357. The summed E-state index contributed by atoms with van der Waals surface area (Å²) in [7, 11) is -4.05. The molecule has 5 rings (SSSR count). The van der Waals surface area contributed by atoms with Crippen molar-refractivity contribution in [3.05, 3.63) is 83.9 Å². The average molecular weight is 504 g/mol. The van der Waals surface area contributed by atoms with Gasteiger partial charge in [-0.1, -0.05) is 12.1 Å². The average Bonchev–Trinajstić information content (AvgIpc) is 3.56. The van der Waals surface area contributed by atoms with E-state index >= 15 is 0 Å². The molecule has 0 N–H and O–H groups in total. The summed E-state index contributed by atoms with van der Waals surface area (Å²) in [6, 6.07) is 17.4. The molecular formula is C27H22FN3O4S. The number of halogens is 1. The molecule has 0 saturated carbocycles. The number of hydrogen-bond donors (Lipinski definition) is 0. The molecule has 0 amide bonds. The zero-order chi connectivity index (χ0) is 25.3. The summed E-state index contributed by atoms with van der Waals surface area (Å²) in [5, 5.41) is 9.04. The molecule has 1 fully saturated rings. The Balaban J connectivity index is 1.30. The van der Waals surface area contributed by atoms with Gasteiger partial charge in [0.05, 0.1) is 17.7 Å². The summed E-state index contributed by atoms with van der Waals surface area (Å²) in [5.74, 6) is -0.665. The first-order valence-electron chi connectivity index (χ1n) is 11.5. The molecule has 1 atom stereocenters. The number of pyridine rings is 1. The number of aryl methyl sites for hydroxylation is 1. The van der Waals surface area contributed by atoms with Gasteiger partial charge in [-0.3, -0.25) is 9.78 Å². The molecule has 7 nitrogen and oxygen atoms in total. The van der Waals surface area contributed by atoms with E-state index in [-0.39, 0.29) is 29.4 Å². The van der Waals surface area contributed by atoms with E-state index in [1.165, 1.54) is 28.6 Å². The Morgan fingerprint density at radius 1 is 1.11 bits per heavy atom. The van der Waals surface area contributed by atoms with Crippen molar-refractivity contribution in [1.29, 1.82) is 5.26 Å². The minimum absolute atomic E-state index is 0.145. The number of benzene rings is 2. The number of aromatic nitrogens is 1. The van der Waals surface area contributed by atoms with Crippen LogP contribution in [0.3, 0.4) is 0 Å². The summed E-state index contributed by atoms with van der Waals surface area (Å²) in [6.07, 6.45) is 3.19. The van der Waals surface area contributed by atoms with E-state index < -0.39 is 21.9 Å². The Morgan fingerprint density at radius 2 is 1.92 bits per heavy atom. The van der Waals surface area contributed by atoms with E-state index in [1.807, 2.05) is 24.3 Å². The number of furan rings is 1. The molecule has 1 saturated heterocycles. The predicted octanol–water partition coefficient (Wildman–Crippen LogP) is 4.86. The fourth-order valence-corrected chi connectivity index (χ4v) is 6.16. The lowest BCUT2D eigenvalue weighted by Gasteiger charge is -2.21. The van der Waals surface area contributed by atoms with Crippen molar-refractivity contribution in [2.45, 2.75) is 36.8 Å². The largest absolute Gasteiger partial charge is 0.443 e. The fraction of sp³-hybridized carbons (Fsp3) is 0.222. The zero-order valence-electron chi connectivity index (χ0n) is 19.2. The monoisotopic (exact) mass is 503 g/mol. The summed E-state index contributed by atoms with van der Waals surface area (Å²) in [5.41, 5.74) is 3.41. The van der Waals surface area contributed by atoms with Gasteiger partial charge in [0.15, 0.2) is 5.78 Å². The van der Waals surface area contributed by atoms with E-state index in [1.54, 1.807) is 18.3 Å². The predicted molar refractivity (Wildman–Crippen MR) is 131 cm³/mol. The van der Waals surface area contributed by atoms with Gasteiger partial charge in [0, 0.05) is 36.3 Å². The second-order valence-corrected chi connectivity index (χ2v) is 10.5. The Hall–Kier alpha value is -3.87. The van der Waals surface area contributed by atoms with Crippen LogP contribution in [-0.4, -0.2) is 36.1 Å². The third-order valence-electron chi connectivity index (χ3n) is 6.39. The van der Waals surface area contributed by atoms with Crippen molar-refractivity contribution in [3.8, 4) is 17.2 Å². The Bertz CT molecular complexity index is 1590. The SMILES string of the molecule is N#Cc1ccc(-c2ccnc(CCC(=O)[C@@H]3CCCN3S(=O)(=O)c3cc4cc(F)ccc4o3)c2)cc1. The first-order valence-corrected chi connectivity index (χ1v) is 13.0. The molecule has 2 aromatic carbocycles. The summed E-state index contributed by atoms with van der Waals surface area (Å²) >= 11 is 0. The van der Waals surface area contributed by atoms with Gasteiger partial charge in [0.2, 0.25) is 5.09 Å². The molecule has 3 heterocycles. The molecule has 0 unspecified atom stereocenters. The molecule has 36 heavy (non-hydrogen) atoms. The smallest absolute Gasteiger partial charge is 0.277 e. The fourth-order valence-electron chi connectivity index (χ4n) is 4.53. The van der Waals surface area contributed by atoms with Crippen LogP contribution in [0.1, 0.15) is 30.5 Å². The first-order chi connectivity index (χ1) is 17.3. The molecule has 0 radical (unpaired) electrons. The van der Waals surface area contributed by atoms with E-state index in [2.05, 4.69) is 11.1 Å². The lowest BCUT2D eigenvalue weighted by Crippen LogP contribution is -2.40. The van der Waals surface area contributed by atoms with Crippen molar-refractivity contribution >= 4 is 26.8 Å². The minimum Gasteiger partial charge on any atom is -0.443 e. The molecule has 1 aliphatic rings. The molecule has 4 aromatic rings.